The summed E-state index contributed by atoms with van der Waals surface area (Å²) in [5.74, 6) is -1.59. The lowest BCUT2D eigenvalue weighted by Gasteiger charge is -2.14. The van der Waals surface area contributed by atoms with Crippen molar-refractivity contribution >= 4 is 11.7 Å². The summed E-state index contributed by atoms with van der Waals surface area (Å²) < 4.78 is 40.3. The van der Waals surface area contributed by atoms with Gasteiger partial charge in [-0.2, -0.15) is 18.3 Å². The number of aryl methyl sites for hydroxylation is 1. The molecule has 156 valence electrons. The van der Waals surface area contributed by atoms with Gasteiger partial charge in [0.2, 0.25) is 0 Å². The molecule has 1 N–H and O–H groups in total. The van der Waals surface area contributed by atoms with Gasteiger partial charge < -0.3 is 5.32 Å². The second-order valence-corrected chi connectivity index (χ2v) is 6.94. The number of halogens is 3. The van der Waals surface area contributed by atoms with Gasteiger partial charge >= 0.3 is 6.18 Å². The number of rotatable bonds is 5. The van der Waals surface area contributed by atoms with Crippen LogP contribution in [-0.2, 0) is 11.0 Å². The number of nitrogens with one attached hydrogen (secondary N) is 1. The Balaban J connectivity index is 1.88. The van der Waals surface area contributed by atoms with Crippen LogP contribution in [0.5, 0.6) is 0 Å². The van der Waals surface area contributed by atoms with Crippen molar-refractivity contribution in [2.75, 3.05) is 0 Å². The maximum atomic E-state index is 13.0. The molecule has 1 atom stereocenters. The summed E-state index contributed by atoms with van der Waals surface area (Å²) in [7, 11) is 0. The van der Waals surface area contributed by atoms with Crippen LogP contribution in [0, 0.1) is 13.8 Å². The molecule has 0 saturated heterocycles. The highest BCUT2D eigenvalue weighted by Crippen LogP contribution is 2.31. The quantitative estimate of drug-likeness (QED) is 0.491. The van der Waals surface area contributed by atoms with Crippen molar-refractivity contribution in [2.45, 2.75) is 33.0 Å². The fourth-order valence-corrected chi connectivity index (χ4v) is 3.24. The summed E-state index contributed by atoms with van der Waals surface area (Å²) in [6, 6.07) is 13.4. The van der Waals surface area contributed by atoms with Gasteiger partial charge in [-0.05, 0) is 44.5 Å². The molecule has 3 rings (SSSR count). The van der Waals surface area contributed by atoms with E-state index in [4.69, 9.17) is 0 Å². The predicted molar refractivity (Wildman–Crippen MR) is 105 cm³/mol. The summed E-state index contributed by atoms with van der Waals surface area (Å²) in [5.41, 5.74) is 0.797. The monoisotopic (exact) mass is 415 g/mol. The SMILES string of the molecule is Cc1nn(-c2cccc(C(F)(F)F)c2)c(C)c1C(=O)C(=O)N[C@@H](C)c1ccccc1. The van der Waals surface area contributed by atoms with Crippen LogP contribution in [0.15, 0.2) is 54.6 Å². The normalized spacial score (nSPS) is 12.5. The van der Waals surface area contributed by atoms with Crippen molar-refractivity contribution in [2.24, 2.45) is 0 Å². The molecule has 0 spiro atoms. The Hall–Kier alpha value is -3.42. The van der Waals surface area contributed by atoms with E-state index in [1.54, 1.807) is 13.8 Å². The topological polar surface area (TPSA) is 64.0 Å². The van der Waals surface area contributed by atoms with Crippen molar-refractivity contribution in [1.29, 1.82) is 0 Å². The number of benzene rings is 2. The fourth-order valence-electron chi connectivity index (χ4n) is 3.24. The van der Waals surface area contributed by atoms with Crippen molar-refractivity contribution < 1.29 is 22.8 Å². The lowest BCUT2D eigenvalue weighted by Crippen LogP contribution is -2.33. The van der Waals surface area contributed by atoms with E-state index in [-0.39, 0.29) is 23.0 Å². The van der Waals surface area contributed by atoms with E-state index in [0.29, 0.717) is 5.69 Å². The molecule has 2 aromatic carbocycles. The molecule has 0 aliphatic rings. The first-order chi connectivity index (χ1) is 14.1. The smallest absolute Gasteiger partial charge is 0.343 e. The minimum atomic E-state index is -4.50. The van der Waals surface area contributed by atoms with Gasteiger partial charge in [0.15, 0.2) is 0 Å². The van der Waals surface area contributed by atoms with E-state index in [1.165, 1.54) is 23.7 Å². The van der Waals surface area contributed by atoms with E-state index < -0.39 is 23.4 Å². The average Bonchev–Trinajstić information content (AvgIpc) is 3.01. The molecule has 0 saturated carbocycles. The summed E-state index contributed by atoms with van der Waals surface area (Å²) in [5, 5.41) is 6.85. The molecular weight excluding hydrogens is 395 g/mol. The summed E-state index contributed by atoms with van der Waals surface area (Å²) in [6.45, 7) is 4.84. The average molecular weight is 415 g/mol. The first-order valence-corrected chi connectivity index (χ1v) is 9.23. The number of aromatic nitrogens is 2. The number of hydrogen-bond acceptors (Lipinski definition) is 3. The van der Waals surface area contributed by atoms with Gasteiger partial charge in [-0.15, -0.1) is 0 Å². The van der Waals surface area contributed by atoms with Crippen LogP contribution in [0.2, 0.25) is 0 Å². The van der Waals surface area contributed by atoms with Crippen molar-refractivity contribution in [3.63, 3.8) is 0 Å². The summed E-state index contributed by atoms with van der Waals surface area (Å²) >= 11 is 0. The van der Waals surface area contributed by atoms with Crippen molar-refractivity contribution in [1.82, 2.24) is 15.1 Å². The molecule has 8 heteroatoms. The third-order valence-electron chi connectivity index (χ3n) is 4.79. The van der Waals surface area contributed by atoms with Gasteiger partial charge in [-0.1, -0.05) is 36.4 Å². The van der Waals surface area contributed by atoms with Crippen LogP contribution in [0.4, 0.5) is 13.2 Å². The minimum absolute atomic E-state index is 0.0742. The molecule has 0 unspecified atom stereocenters. The molecule has 1 aromatic heterocycles. The second kappa shape index (κ2) is 8.14. The Labute approximate surface area is 171 Å². The maximum absolute atomic E-state index is 13.0. The van der Waals surface area contributed by atoms with Gasteiger partial charge in [0.05, 0.1) is 34.2 Å². The first-order valence-electron chi connectivity index (χ1n) is 9.23. The van der Waals surface area contributed by atoms with E-state index in [9.17, 15) is 22.8 Å². The van der Waals surface area contributed by atoms with Crippen molar-refractivity contribution in [3.8, 4) is 5.69 Å². The number of amides is 1. The second-order valence-electron chi connectivity index (χ2n) is 6.94. The Morgan fingerprint density at radius 3 is 2.33 bits per heavy atom. The van der Waals surface area contributed by atoms with Crippen molar-refractivity contribution in [3.05, 3.63) is 82.7 Å². The van der Waals surface area contributed by atoms with Crippen LogP contribution in [0.1, 0.15) is 45.8 Å². The molecular formula is C22H20F3N3O2. The number of alkyl halides is 3. The Bertz CT molecular complexity index is 1090. The maximum Gasteiger partial charge on any atom is 0.416 e. The number of ketones is 1. The first kappa shape index (κ1) is 21.3. The van der Waals surface area contributed by atoms with Gasteiger partial charge in [0, 0.05) is 0 Å². The third-order valence-corrected chi connectivity index (χ3v) is 4.79. The van der Waals surface area contributed by atoms with E-state index in [2.05, 4.69) is 10.4 Å². The minimum Gasteiger partial charge on any atom is -0.343 e. The number of nitrogens with zero attached hydrogens (tertiary/aromatic N) is 2. The highest BCUT2D eigenvalue weighted by molar-refractivity contribution is 6.43. The fraction of sp³-hybridized carbons (Fsp3) is 0.227. The Kier molecular flexibility index (Phi) is 5.78. The molecule has 30 heavy (non-hydrogen) atoms. The number of carbonyl (C=O) groups excluding carboxylic acids is 2. The Morgan fingerprint density at radius 1 is 1.03 bits per heavy atom. The molecule has 1 amide bonds. The summed E-state index contributed by atoms with van der Waals surface area (Å²) in [6.07, 6.45) is -4.50. The number of carbonyl (C=O) groups is 2. The van der Waals surface area contributed by atoms with Crippen LogP contribution in [0.25, 0.3) is 5.69 Å². The molecule has 0 bridgehead atoms. The van der Waals surface area contributed by atoms with Crippen LogP contribution < -0.4 is 5.32 Å². The van der Waals surface area contributed by atoms with Crippen LogP contribution >= 0.6 is 0 Å². The van der Waals surface area contributed by atoms with Gasteiger partial charge in [0.1, 0.15) is 0 Å². The lowest BCUT2D eigenvalue weighted by atomic mass is 10.1. The number of Topliss-reactive ketones (excluding diaryl/α,β-unsaturated/α-hetero) is 1. The molecule has 0 aliphatic heterocycles. The highest BCUT2D eigenvalue weighted by Gasteiger charge is 2.31. The zero-order chi connectivity index (χ0) is 22.1. The lowest BCUT2D eigenvalue weighted by molar-refractivity contribution is -0.137. The zero-order valence-corrected chi connectivity index (χ0v) is 16.6. The van der Waals surface area contributed by atoms with Gasteiger partial charge in [-0.3, -0.25) is 9.59 Å². The molecule has 1 heterocycles. The summed E-state index contributed by atoms with van der Waals surface area (Å²) in [4.78, 5) is 25.3. The van der Waals surface area contributed by atoms with E-state index in [0.717, 1.165) is 17.7 Å². The van der Waals surface area contributed by atoms with Crippen LogP contribution in [0.3, 0.4) is 0 Å². The van der Waals surface area contributed by atoms with E-state index >= 15 is 0 Å². The van der Waals surface area contributed by atoms with Crippen LogP contribution in [-0.4, -0.2) is 21.5 Å². The van der Waals surface area contributed by atoms with Gasteiger partial charge in [0.25, 0.3) is 11.7 Å². The highest BCUT2D eigenvalue weighted by atomic mass is 19.4. The predicted octanol–water partition coefficient (Wildman–Crippen LogP) is 4.57. The number of hydrogen-bond donors (Lipinski definition) is 1. The Morgan fingerprint density at radius 2 is 1.70 bits per heavy atom. The molecule has 3 aromatic rings. The molecule has 5 nitrogen and oxygen atoms in total. The molecule has 0 radical (unpaired) electrons. The standard InChI is InChI=1S/C22H20F3N3O2/c1-13(16-8-5-4-6-9-16)26-21(30)20(29)19-14(2)27-28(15(19)3)18-11-7-10-17(12-18)22(23,24)25/h4-13H,1-3H3,(H,26,30)/t13-/m0/s1. The van der Waals surface area contributed by atoms with E-state index in [1.807, 2.05) is 30.3 Å². The largest absolute Gasteiger partial charge is 0.416 e. The zero-order valence-electron chi connectivity index (χ0n) is 16.6. The van der Waals surface area contributed by atoms with Gasteiger partial charge in [-0.25, -0.2) is 4.68 Å². The molecule has 0 fully saturated rings. The molecule has 0 aliphatic carbocycles. The third kappa shape index (κ3) is 4.27.